The first-order valence-corrected chi connectivity index (χ1v) is 10.8. The average Bonchev–Trinajstić information content (AvgIpc) is 3.53. The number of amides is 2. The zero-order valence-electron chi connectivity index (χ0n) is 18.5. The third-order valence-corrected chi connectivity index (χ3v) is 5.24. The summed E-state index contributed by atoms with van der Waals surface area (Å²) in [4.78, 5) is 24.7. The van der Waals surface area contributed by atoms with E-state index in [0.717, 1.165) is 25.0 Å². The van der Waals surface area contributed by atoms with Gasteiger partial charge in [0.1, 0.15) is 12.3 Å². The lowest BCUT2D eigenvalue weighted by Gasteiger charge is -2.13. The summed E-state index contributed by atoms with van der Waals surface area (Å²) < 4.78 is 60.3. The predicted octanol–water partition coefficient (Wildman–Crippen LogP) is 3.65. The van der Waals surface area contributed by atoms with Crippen LogP contribution in [0.15, 0.2) is 42.5 Å². The van der Waals surface area contributed by atoms with Crippen LogP contribution in [0.5, 0.6) is 5.75 Å². The number of rotatable bonds is 8. The van der Waals surface area contributed by atoms with Crippen LogP contribution in [0, 0.1) is 5.82 Å². The van der Waals surface area contributed by atoms with Gasteiger partial charge in [0.2, 0.25) is 0 Å². The highest BCUT2D eigenvalue weighted by atomic mass is 19.4. The number of carbonyl (C=O) groups excluding carboxylic acids is 2. The summed E-state index contributed by atoms with van der Waals surface area (Å²) in [6.45, 7) is 1.75. The third-order valence-electron chi connectivity index (χ3n) is 5.24. The van der Waals surface area contributed by atoms with Crippen LogP contribution in [-0.4, -0.2) is 39.4 Å². The van der Waals surface area contributed by atoms with Crippen molar-refractivity contribution in [3.05, 3.63) is 70.8 Å². The minimum absolute atomic E-state index is 0.0127. The lowest BCUT2D eigenvalue weighted by atomic mass is 10.2. The Balaban J connectivity index is 1.65. The maximum Gasteiger partial charge on any atom is 0.419 e. The number of halogens is 4. The molecular weight excluding hydrogens is 470 g/mol. The summed E-state index contributed by atoms with van der Waals surface area (Å²) in [6, 6.07) is 8.93. The highest BCUT2D eigenvalue weighted by Crippen LogP contribution is 2.35. The minimum Gasteiger partial charge on any atom is -0.484 e. The second-order valence-electron chi connectivity index (χ2n) is 7.85. The molecule has 1 aliphatic carbocycles. The van der Waals surface area contributed by atoms with Crippen molar-refractivity contribution in [2.24, 2.45) is 0 Å². The maximum absolute atomic E-state index is 14.4. The number of nitrogens with zero attached hydrogens (tertiary/aromatic N) is 3. The quantitative estimate of drug-likeness (QED) is 0.469. The second-order valence-corrected chi connectivity index (χ2v) is 7.85. The molecule has 2 aromatic carbocycles. The largest absolute Gasteiger partial charge is 0.484 e. The number of ether oxygens (including phenoxy) is 1. The Bertz CT molecular complexity index is 1240. The molecule has 1 aromatic heterocycles. The minimum atomic E-state index is -4.89. The monoisotopic (exact) mass is 491 g/mol. The molecule has 12 heteroatoms. The fourth-order valence-electron chi connectivity index (χ4n) is 3.30. The number of carbonyl (C=O) groups is 2. The maximum atomic E-state index is 14.4. The molecule has 8 nitrogen and oxygen atoms in total. The SMILES string of the molecule is CCNC(=O)c1ccc(-n2nnc(C(=O)NC3CC3)c2COc2cccc(C(F)(F)F)c2F)cc1. The highest BCUT2D eigenvalue weighted by molar-refractivity contribution is 5.94. The Kier molecular flexibility index (Phi) is 6.72. The van der Waals surface area contributed by atoms with Crippen molar-refractivity contribution in [3.8, 4) is 11.4 Å². The second kappa shape index (κ2) is 9.72. The van der Waals surface area contributed by atoms with Crippen LogP contribution in [0.1, 0.15) is 51.9 Å². The Morgan fingerprint density at radius 1 is 1.11 bits per heavy atom. The molecule has 2 N–H and O–H groups in total. The first-order valence-electron chi connectivity index (χ1n) is 10.8. The Morgan fingerprint density at radius 2 is 1.83 bits per heavy atom. The number of hydrogen-bond acceptors (Lipinski definition) is 5. The molecule has 1 heterocycles. The fourth-order valence-corrected chi connectivity index (χ4v) is 3.30. The zero-order chi connectivity index (χ0) is 25.2. The van der Waals surface area contributed by atoms with E-state index in [0.29, 0.717) is 23.9 Å². The smallest absolute Gasteiger partial charge is 0.419 e. The van der Waals surface area contributed by atoms with Gasteiger partial charge in [0.15, 0.2) is 17.3 Å². The van der Waals surface area contributed by atoms with Crippen molar-refractivity contribution in [3.63, 3.8) is 0 Å². The average molecular weight is 491 g/mol. The molecule has 4 rings (SSSR count). The van der Waals surface area contributed by atoms with E-state index in [4.69, 9.17) is 4.74 Å². The van der Waals surface area contributed by atoms with Gasteiger partial charge in [-0.25, -0.2) is 9.07 Å². The zero-order valence-corrected chi connectivity index (χ0v) is 18.5. The number of nitrogens with one attached hydrogen (secondary N) is 2. The molecule has 35 heavy (non-hydrogen) atoms. The molecule has 1 saturated carbocycles. The molecule has 0 aliphatic heterocycles. The standard InChI is InChI=1S/C23H21F4N5O3/c1-2-28-21(33)13-6-10-15(11-7-13)32-17(20(30-31-32)22(34)29-14-8-9-14)12-35-18-5-3-4-16(19(18)24)23(25,26)27/h3-7,10-11,14H,2,8-9,12H2,1H3,(H,28,33)(H,29,34). The molecule has 3 aromatic rings. The van der Waals surface area contributed by atoms with Crippen molar-refractivity contribution in [2.75, 3.05) is 6.54 Å². The number of aromatic nitrogens is 3. The van der Waals surface area contributed by atoms with Gasteiger partial charge in [0, 0.05) is 18.2 Å². The summed E-state index contributed by atoms with van der Waals surface area (Å²) >= 11 is 0. The van der Waals surface area contributed by atoms with Crippen molar-refractivity contribution in [1.29, 1.82) is 0 Å². The molecule has 0 unspecified atom stereocenters. The summed E-state index contributed by atoms with van der Waals surface area (Å²) in [5.74, 6) is -2.99. The van der Waals surface area contributed by atoms with Gasteiger partial charge in [-0.15, -0.1) is 5.10 Å². The van der Waals surface area contributed by atoms with Gasteiger partial charge in [-0.2, -0.15) is 13.2 Å². The lowest BCUT2D eigenvalue weighted by Crippen LogP contribution is -2.27. The lowest BCUT2D eigenvalue weighted by molar-refractivity contribution is -0.140. The highest BCUT2D eigenvalue weighted by Gasteiger charge is 2.35. The van der Waals surface area contributed by atoms with Crippen LogP contribution < -0.4 is 15.4 Å². The Labute approximate surface area is 197 Å². The van der Waals surface area contributed by atoms with Crippen LogP contribution in [0.4, 0.5) is 17.6 Å². The van der Waals surface area contributed by atoms with Crippen molar-refractivity contribution >= 4 is 11.8 Å². The van der Waals surface area contributed by atoms with Gasteiger partial charge in [0.25, 0.3) is 11.8 Å². The van der Waals surface area contributed by atoms with Crippen molar-refractivity contribution in [2.45, 2.75) is 38.6 Å². The summed E-state index contributed by atoms with van der Waals surface area (Å²) in [5.41, 5.74) is -0.650. The molecule has 1 fully saturated rings. The first-order chi connectivity index (χ1) is 16.7. The van der Waals surface area contributed by atoms with Gasteiger partial charge < -0.3 is 15.4 Å². The van der Waals surface area contributed by atoms with Gasteiger partial charge in [-0.3, -0.25) is 9.59 Å². The predicted molar refractivity (Wildman–Crippen MR) is 116 cm³/mol. The van der Waals surface area contributed by atoms with E-state index in [1.807, 2.05) is 0 Å². The van der Waals surface area contributed by atoms with E-state index in [9.17, 15) is 27.2 Å². The summed E-state index contributed by atoms with van der Waals surface area (Å²) in [7, 11) is 0. The van der Waals surface area contributed by atoms with Gasteiger partial charge in [-0.1, -0.05) is 11.3 Å². The molecule has 0 radical (unpaired) electrons. The number of hydrogen-bond donors (Lipinski definition) is 2. The molecule has 0 atom stereocenters. The van der Waals surface area contributed by atoms with Crippen molar-refractivity contribution in [1.82, 2.24) is 25.6 Å². The normalized spacial score (nSPS) is 13.4. The summed E-state index contributed by atoms with van der Waals surface area (Å²) in [6.07, 6.45) is -3.25. The molecule has 184 valence electrons. The van der Waals surface area contributed by atoms with E-state index >= 15 is 0 Å². The summed E-state index contributed by atoms with van der Waals surface area (Å²) in [5, 5.41) is 13.3. The van der Waals surface area contributed by atoms with Gasteiger partial charge >= 0.3 is 6.18 Å². The van der Waals surface area contributed by atoms with Crippen LogP contribution in [-0.2, 0) is 12.8 Å². The molecule has 0 saturated heterocycles. The number of alkyl halides is 3. The van der Waals surface area contributed by atoms with Crippen molar-refractivity contribution < 1.29 is 31.9 Å². The molecule has 0 bridgehead atoms. The van der Waals surface area contributed by atoms with Gasteiger partial charge in [-0.05, 0) is 56.2 Å². The fraction of sp³-hybridized carbons (Fsp3) is 0.304. The van der Waals surface area contributed by atoms with E-state index in [-0.39, 0.29) is 23.3 Å². The molecule has 1 aliphatic rings. The molecular formula is C23H21F4N5O3. The van der Waals surface area contributed by atoms with Crippen LogP contribution >= 0.6 is 0 Å². The number of benzene rings is 2. The Morgan fingerprint density at radius 3 is 2.46 bits per heavy atom. The van der Waals surface area contributed by atoms with Gasteiger partial charge in [0.05, 0.1) is 11.3 Å². The Hall–Kier alpha value is -3.96. The molecule has 2 amide bonds. The third kappa shape index (κ3) is 5.42. The first kappa shape index (κ1) is 24.2. The topological polar surface area (TPSA) is 98.1 Å². The van der Waals surface area contributed by atoms with Crippen LogP contribution in [0.3, 0.4) is 0 Å². The van der Waals surface area contributed by atoms with Crippen LogP contribution in [0.2, 0.25) is 0 Å². The van der Waals surface area contributed by atoms with E-state index in [1.165, 1.54) is 4.68 Å². The van der Waals surface area contributed by atoms with E-state index < -0.39 is 35.8 Å². The van der Waals surface area contributed by atoms with Crippen LogP contribution in [0.25, 0.3) is 5.69 Å². The van der Waals surface area contributed by atoms with E-state index in [1.54, 1.807) is 31.2 Å². The van der Waals surface area contributed by atoms with E-state index in [2.05, 4.69) is 20.9 Å². The molecule has 0 spiro atoms.